The van der Waals surface area contributed by atoms with Crippen molar-refractivity contribution in [2.24, 2.45) is 0 Å². The Bertz CT molecular complexity index is 720. The molecule has 1 aliphatic carbocycles. The largest absolute Gasteiger partial charge is 0.392 e. The normalized spacial score (nSPS) is 21.9. The summed E-state index contributed by atoms with van der Waals surface area (Å²) in [5.41, 5.74) is 2.38. The highest BCUT2D eigenvalue weighted by Crippen LogP contribution is 2.46. The molecule has 1 aromatic carbocycles. The third-order valence-electron chi connectivity index (χ3n) is 5.66. The summed E-state index contributed by atoms with van der Waals surface area (Å²) < 4.78 is 1.82. The van der Waals surface area contributed by atoms with Gasteiger partial charge in [-0.25, -0.2) is 0 Å². The molecule has 1 spiro atoms. The van der Waals surface area contributed by atoms with Gasteiger partial charge in [-0.05, 0) is 30.4 Å². The minimum Gasteiger partial charge on any atom is -0.392 e. The summed E-state index contributed by atoms with van der Waals surface area (Å²) in [6.07, 6.45) is 5.80. The maximum absolute atomic E-state index is 12.4. The van der Waals surface area contributed by atoms with E-state index in [1.165, 1.54) is 11.1 Å². The van der Waals surface area contributed by atoms with Crippen LogP contribution in [0.3, 0.4) is 0 Å². The van der Waals surface area contributed by atoms with Crippen molar-refractivity contribution in [3.8, 4) is 0 Å². The number of amides is 1. The van der Waals surface area contributed by atoms with E-state index in [9.17, 15) is 9.90 Å². The number of nitrogens with zero attached hydrogens (tertiary/aromatic N) is 4. The molecule has 0 unspecified atom stereocenters. The maximum atomic E-state index is 12.4. The predicted octanol–water partition coefficient (Wildman–Crippen LogP) is 1.15. The van der Waals surface area contributed by atoms with Crippen LogP contribution in [0.1, 0.15) is 30.4 Å². The molecule has 6 heteroatoms. The average molecular weight is 326 g/mol. The van der Waals surface area contributed by atoms with E-state index in [-0.39, 0.29) is 17.4 Å². The number of rotatable bonds is 3. The van der Waals surface area contributed by atoms with Crippen molar-refractivity contribution in [2.45, 2.75) is 43.7 Å². The fourth-order valence-electron chi connectivity index (χ4n) is 4.25. The summed E-state index contributed by atoms with van der Waals surface area (Å²) in [6.45, 7) is 2.04. The second kappa shape index (κ2) is 6.02. The number of likely N-dealkylation sites (tertiary alicyclic amines) is 1. The molecule has 1 atom stereocenters. The molecule has 2 aliphatic rings. The van der Waals surface area contributed by atoms with Gasteiger partial charge in [-0.3, -0.25) is 4.79 Å². The highest BCUT2D eigenvalue weighted by atomic mass is 16.3. The lowest BCUT2D eigenvalue weighted by Gasteiger charge is -2.42. The number of carbonyl (C=O) groups is 1. The van der Waals surface area contributed by atoms with Crippen LogP contribution in [0.15, 0.2) is 36.9 Å². The van der Waals surface area contributed by atoms with Crippen LogP contribution in [0.4, 0.5) is 0 Å². The molecule has 0 radical (unpaired) electrons. The molecule has 24 heavy (non-hydrogen) atoms. The molecule has 1 aromatic heterocycles. The summed E-state index contributed by atoms with van der Waals surface area (Å²) in [6, 6.07) is 8.35. The van der Waals surface area contributed by atoms with Crippen LogP contribution in [0, 0.1) is 0 Å². The van der Waals surface area contributed by atoms with Crippen molar-refractivity contribution in [3.63, 3.8) is 0 Å². The van der Waals surface area contributed by atoms with Gasteiger partial charge in [-0.2, -0.15) is 0 Å². The van der Waals surface area contributed by atoms with Gasteiger partial charge in [0.15, 0.2) is 0 Å². The third kappa shape index (κ3) is 2.51. The Morgan fingerprint density at radius 3 is 2.67 bits per heavy atom. The summed E-state index contributed by atoms with van der Waals surface area (Å²) in [4.78, 5) is 14.4. The number of piperidine rings is 1. The molecule has 1 aliphatic heterocycles. The summed E-state index contributed by atoms with van der Waals surface area (Å²) in [5.74, 6) is 0.166. The maximum Gasteiger partial charge on any atom is 0.224 e. The van der Waals surface area contributed by atoms with Gasteiger partial charge >= 0.3 is 0 Å². The summed E-state index contributed by atoms with van der Waals surface area (Å²) in [5, 5.41) is 18.2. The molecular weight excluding hydrogens is 304 g/mol. The van der Waals surface area contributed by atoms with Crippen LogP contribution in [0.25, 0.3) is 0 Å². The van der Waals surface area contributed by atoms with Crippen molar-refractivity contribution in [2.75, 3.05) is 13.1 Å². The Morgan fingerprint density at radius 2 is 1.92 bits per heavy atom. The summed E-state index contributed by atoms with van der Waals surface area (Å²) >= 11 is 0. The number of aliphatic hydroxyl groups is 1. The molecule has 4 rings (SSSR count). The van der Waals surface area contributed by atoms with Crippen LogP contribution < -0.4 is 0 Å². The van der Waals surface area contributed by atoms with Gasteiger partial charge in [0.25, 0.3) is 0 Å². The van der Waals surface area contributed by atoms with E-state index in [1.807, 2.05) is 15.5 Å². The Hall–Kier alpha value is -2.21. The quantitative estimate of drug-likeness (QED) is 0.918. The lowest BCUT2D eigenvalue weighted by molar-refractivity contribution is -0.133. The first-order valence-corrected chi connectivity index (χ1v) is 8.56. The van der Waals surface area contributed by atoms with Crippen LogP contribution in [0.5, 0.6) is 0 Å². The zero-order valence-corrected chi connectivity index (χ0v) is 13.6. The minimum absolute atomic E-state index is 0.165. The molecule has 0 bridgehead atoms. The number of benzene rings is 1. The number of aliphatic hydroxyl groups excluding tert-OH is 1. The van der Waals surface area contributed by atoms with Gasteiger partial charge in [0, 0.05) is 31.5 Å². The first-order valence-electron chi connectivity index (χ1n) is 8.56. The van der Waals surface area contributed by atoms with Crippen molar-refractivity contribution < 1.29 is 9.90 Å². The summed E-state index contributed by atoms with van der Waals surface area (Å²) in [7, 11) is 0. The van der Waals surface area contributed by atoms with Crippen molar-refractivity contribution in [1.29, 1.82) is 0 Å². The lowest BCUT2D eigenvalue weighted by atomic mass is 9.72. The van der Waals surface area contributed by atoms with Crippen LogP contribution in [-0.4, -0.2) is 49.9 Å². The van der Waals surface area contributed by atoms with Crippen molar-refractivity contribution in [3.05, 3.63) is 48.0 Å². The third-order valence-corrected chi connectivity index (χ3v) is 5.66. The molecule has 6 nitrogen and oxygen atoms in total. The zero-order valence-electron chi connectivity index (χ0n) is 13.6. The van der Waals surface area contributed by atoms with E-state index in [0.717, 1.165) is 19.3 Å². The Morgan fingerprint density at radius 1 is 1.21 bits per heavy atom. The highest BCUT2D eigenvalue weighted by molar-refractivity contribution is 5.76. The average Bonchev–Trinajstić information content (AvgIpc) is 3.21. The van der Waals surface area contributed by atoms with E-state index in [2.05, 4.69) is 28.4 Å². The van der Waals surface area contributed by atoms with E-state index in [1.54, 1.807) is 12.7 Å². The van der Waals surface area contributed by atoms with Crippen LogP contribution >= 0.6 is 0 Å². The zero-order chi connectivity index (χ0) is 16.6. The van der Waals surface area contributed by atoms with Gasteiger partial charge in [-0.1, -0.05) is 24.3 Å². The van der Waals surface area contributed by atoms with E-state index < -0.39 is 0 Å². The minimum atomic E-state index is -0.329. The van der Waals surface area contributed by atoms with Crippen molar-refractivity contribution in [1.82, 2.24) is 19.7 Å². The molecule has 1 N–H and O–H groups in total. The first kappa shape index (κ1) is 15.3. The smallest absolute Gasteiger partial charge is 0.224 e. The van der Waals surface area contributed by atoms with Gasteiger partial charge in [0.1, 0.15) is 12.7 Å². The van der Waals surface area contributed by atoms with Gasteiger partial charge in [0.2, 0.25) is 5.91 Å². The van der Waals surface area contributed by atoms with Gasteiger partial charge in [-0.15, -0.1) is 10.2 Å². The standard InChI is InChI=1S/C18H22N4O2/c23-16-11-14-3-1-2-4-15(14)18(16)6-9-22(10-7-18)17(24)5-8-21-12-19-20-13-21/h1-4,12-13,16,23H,5-11H2/t16-/m0/s1. The molecule has 1 fully saturated rings. The first-order chi connectivity index (χ1) is 11.7. The highest BCUT2D eigenvalue weighted by Gasteiger charge is 2.47. The topological polar surface area (TPSA) is 71.2 Å². The lowest BCUT2D eigenvalue weighted by Crippen LogP contribution is -2.49. The fraction of sp³-hybridized carbons (Fsp3) is 0.500. The van der Waals surface area contributed by atoms with Crippen LogP contribution in [0.2, 0.25) is 0 Å². The molecule has 126 valence electrons. The second-order valence-corrected chi connectivity index (χ2v) is 6.86. The number of hydrogen-bond donors (Lipinski definition) is 1. The van der Waals surface area contributed by atoms with Crippen molar-refractivity contribution >= 4 is 5.91 Å². The molecule has 2 heterocycles. The Labute approximate surface area is 141 Å². The Kier molecular flexibility index (Phi) is 3.84. The van der Waals surface area contributed by atoms with E-state index in [0.29, 0.717) is 26.1 Å². The van der Waals surface area contributed by atoms with Gasteiger partial charge in [0.05, 0.1) is 6.10 Å². The number of aromatic nitrogens is 3. The monoisotopic (exact) mass is 326 g/mol. The fourth-order valence-corrected chi connectivity index (χ4v) is 4.25. The van der Waals surface area contributed by atoms with E-state index in [4.69, 9.17) is 0 Å². The number of carbonyl (C=O) groups excluding carboxylic acids is 1. The number of hydrogen-bond acceptors (Lipinski definition) is 4. The predicted molar refractivity (Wildman–Crippen MR) is 88.3 cm³/mol. The molecule has 1 saturated heterocycles. The number of aryl methyl sites for hydroxylation is 1. The second-order valence-electron chi connectivity index (χ2n) is 6.86. The molecule has 1 amide bonds. The molecule has 2 aromatic rings. The molecule has 0 saturated carbocycles. The SMILES string of the molecule is O=C(CCn1cnnc1)N1CCC2(CC1)c1ccccc1C[C@@H]2O. The Balaban J connectivity index is 1.41. The number of fused-ring (bicyclic) bond motifs is 2. The van der Waals surface area contributed by atoms with Crippen LogP contribution in [-0.2, 0) is 23.2 Å². The van der Waals surface area contributed by atoms with E-state index >= 15 is 0 Å². The van der Waals surface area contributed by atoms with Gasteiger partial charge < -0.3 is 14.6 Å². The molecular formula is C18H22N4O2.